The van der Waals surface area contributed by atoms with Gasteiger partial charge in [-0.25, -0.2) is 13.2 Å². The zero-order valence-electron chi connectivity index (χ0n) is 17.7. The van der Waals surface area contributed by atoms with E-state index in [1.807, 2.05) is 32.0 Å². The molecule has 1 saturated heterocycles. The Morgan fingerprint density at radius 1 is 1.10 bits per heavy atom. The molecule has 2 rings (SSSR count). The van der Waals surface area contributed by atoms with Gasteiger partial charge in [0.15, 0.2) is 0 Å². The maximum absolute atomic E-state index is 12.5. The molecule has 2 amide bonds. The summed E-state index contributed by atoms with van der Waals surface area (Å²) in [6.45, 7) is 7.95. The molecule has 9 heteroatoms. The molecule has 0 saturated carbocycles. The van der Waals surface area contributed by atoms with Gasteiger partial charge in [-0.2, -0.15) is 0 Å². The highest BCUT2D eigenvalue weighted by molar-refractivity contribution is 7.92. The van der Waals surface area contributed by atoms with Crippen LogP contribution >= 0.6 is 0 Å². The van der Waals surface area contributed by atoms with Crippen LogP contribution in [0.4, 0.5) is 10.5 Å². The number of hydrogen-bond acceptors (Lipinski definition) is 5. The summed E-state index contributed by atoms with van der Waals surface area (Å²) in [6, 6.07) is 5.70. The summed E-state index contributed by atoms with van der Waals surface area (Å²) in [4.78, 5) is 27.6. The van der Waals surface area contributed by atoms with E-state index in [1.54, 1.807) is 16.7 Å². The van der Waals surface area contributed by atoms with E-state index in [4.69, 9.17) is 4.74 Å². The van der Waals surface area contributed by atoms with Crippen LogP contribution in [0.25, 0.3) is 0 Å². The molecule has 0 radical (unpaired) electrons. The summed E-state index contributed by atoms with van der Waals surface area (Å²) in [7, 11) is -3.45. The normalized spacial score (nSPS) is 14.6. The van der Waals surface area contributed by atoms with Crippen LogP contribution in [-0.4, -0.2) is 75.8 Å². The number of ether oxygens (including phenoxy) is 1. The number of nitrogens with zero attached hydrogens (tertiary/aromatic N) is 3. The van der Waals surface area contributed by atoms with Gasteiger partial charge in [-0.3, -0.25) is 9.10 Å². The standard InChI is InChI=1S/C20H31N3O5S/c1-5-28-20(25)22-13-11-21(12-14-22)19(24)7-6-10-23(29(4,26)27)18-15-16(2)8-9-17(18)3/h8-9,15H,5-7,10-14H2,1-4H3. The topological polar surface area (TPSA) is 87.2 Å². The lowest BCUT2D eigenvalue weighted by atomic mass is 10.1. The number of carbonyl (C=O) groups excluding carboxylic acids is 2. The van der Waals surface area contributed by atoms with Crippen molar-refractivity contribution in [3.63, 3.8) is 0 Å². The zero-order valence-corrected chi connectivity index (χ0v) is 18.5. The molecule has 1 aliphatic heterocycles. The molecule has 0 aliphatic carbocycles. The Balaban J connectivity index is 1.91. The Morgan fingerprint density at radius 3 is 2.31 bits per heavy atom. The maximum Gasteiger partial charge on any atom is 0.409 e. The Bertz CT molecular complexity index is 833. The van der Waals surface area contributed by atoms with Gasteiger partial charge in [0, 0.05) is 39.1 Å². The SMILES string of the molecule is CCOC(=O)N1CCN(C(=O)CCCN(c2cc(C)ccc2C)S(C)(=O)=O)CC1. The number of amides is 2. The van der Waals surface area contributed by atoms with Gasteiger partial charge in [0.1, 0.15) is 0 Å². The average Bonchev–Trinajstić information content (AvgIpc) is 2.66. The summed E-state index contributed by atoms with van der Waals surface area (Å²) in [5.74, 6) is -0.0251. The van der Waals surface area contributed by atoms with Gasteiger partial charge in [-0.1, -0.05) is 12.1 Å². The number of carbonyl (C=O) groups is 2. The lowest BCUT2D eigenvalue weighted by Gasteiger charge is -2.34. The Hall–Kier alpha value is -2.29. The van der Waals surface area contributed by atoms with Crippen LogP contribution < -0.4 is 4.31 Å². The van der Waals surface area contributed by atoms with Crippen LogP contribution in [0.15, 0.2) is 18.2 Å². The smallest absolute Gasteiger partial charge is 0.409 e. The number of rotatable bonds is 7. The predicted molar refractivity (Wildman–Crippen MR) is 113 cm³/mol. The minimum Gasteiger partial charge on any atom is -0.450 e. The quantitative estimate of drug-likeness (QED) is 0.668. The van der Waals surface area contributed by atoms with Gasteiger partial charge in [-0.15, -0.1) is 0 Å². The fourth-order valence-electron chi connectivity index (χ4n) is 3.34. The van der Waals surface area contributed by atoms with Gasteiger partial charge in [0.05, 0.1) is 18.6 Å². The molecule has 0 N–H and O–H groups in total. The summed E-state index contributed by atoms with van der Waals surface area (Å²) in [5.41, 5.74) is 2.51. The summed E-state index contributed by atoms with van der Waals surface area (Å²) >= 11 is 0. The third-order valence-electron chi connectivity index (χ3n) is 4.94. The van der Waals surface area contributed by atoms with E-state index in [1.165, 1.54) is 10.6 Å². The Morgan fingerprint density at radius 2 is 1.72 bits per heavy atom. The van der Waals surface area contributed by atoms with Gasteiger partial charge in [-0.05, 0) is 44.4 Å². The minimum absolute atomic E-state index is 0.0251. The first-order chi connectivity index (χ1) is 13.6. The monoisotopic (exact) mass is 425 g/mol. The fraction of sp³-hybridized carbons (Fsp3) is 0.600. The largest absolute Gasteiger partial charge is 0.450 e. The van der Waals surface area contributed by atoms with Gasteiger partial charge in [0.2, 0.25) is 15.9 Å². The van der Waals surface area contributed by atoms with Crippen molar-refractivity contribution in [2.75, 3.05) is 49.9 Å². The molecule has 0 atom stereocenters. The lowest BCUT2D eigenvalue weighted by molar-refractivity contribution is -0.132. The summed E-state index contributed by atoms with van der Waals surface area (Å²) < 4.78 is 31.0. The molecule has 29 heavy (non-hydrogen) atoms. The van der Waals surface area contributed by atoms with Crippen LogP contribution in [0.5, 0.6) is 0 Å². The molecule has 0 bridgehead atoms. The third kappa shape index (κ3) is 6.35. The number of piperazine rings is 1. The van der Waals surface area contributed by atoms with E-state index < -0.39 is 10.0 Å². The average molecular weight is 426 g/mol. The lowest BCUT2D eigenvalue weighted by Crippen LogP contribution is -2.50. The number of aryl methyl sites for hydroxylation is 2. The molecule has 162 valence electrons. The van der Waals surface area contributed by atoms with E-state index in [0.29, 0.717) is 44.9 Å². The van der Waals surface area contributed by atoms with Gasteiger partial charge < -0.3 is 14.5 Å². The molecule has 0 spiro atoms. The first-order valence-electron chi connectivity index (χ1n) is 9.88. The number of sulfonamides is 1. The van der Waals surface area contributed by atoms with Crippen molar-refractivity contribution in [3.8, 4) is 0 Å². The zero-order chi connectivity index (χ0) is 21.6. The summed E-state index contributed by atoms with van der Waals surface area (Å²) in [5, 5.41) is 0. The first-order valence-corrected chi connectivity index (χ1v) is 11.7. The Kier molecular flexibility index (Phi) is 7.89. The van der Waals surface area contributed by atoms with Crippen LogP contribution in [-0.2, 0) is 19.6 Å². The highest BCUT2D eigenvalue weighted by atomic mass is 32.2. The van der Waals surface area contributed by atoms with Crippen LogP contribution in [0, 0.1) is 13.8 Å². The predicted octanol–water partition coefficient (Wildman–Crippen LogP) is 2.15. The van der Waals surface area contributed by atoms with Crippen LogP contribution in [0.3, 0.4) is 0 Å². The van der Waals surface area contributed by atoms with E-state index in [2.05, 4.69) is 0 Å². The molecule has 0 unspecified atom stereocenters. The third-order valence-corrected chi connectivity index (χ3v) is 6.12. The van der Waals surface area contributed by atoms with Crippen molar-refractivity contribution in [3.05, 3.63) is 29.3 Å². The second-order valence-electron chi connectivity index (χ2n) is 7.30. The second-order valence-corrected chi connectivity index (χ2v) is 9.20. The van der Waals surface area contributed by atoms with E-state index in [9.17, 15) is 18.0 Å². The van der Waals surface area contributed by atoms with Gasteiger partial charge >= 0.3 is 6.09 Å². The molecule has 1 aromatic carbocycles. The Labute approximate surface area is 173 Å². The summed E-state index contributed by atoms with van der Waals surface area (Å²) in [6.07, 6.45) is 1.52. The molecular formula is C20H31N3O5S. The number of hydrogen-bond donors (Lipinski definition) is 0. The highest BCUT2D eigenvalue weighted by Crippen LogP contribution is 2.24. The molecule has 1 aliphatic rings. The molecular weight excluding hydrogens is 394 g/mol. The number of anilines is 1. The van der Waals surface area contributed by atoms with Gasteiger partial charge in [0.25, 0.3) is 0 Å². The highest BCUT2D eigenvalue weighted by Gasteiger charge is 2.25. The molecule has 1 fully saturated rings. The fourth-order valence-corrected chi connectivity index (χ4v) is 4.35. The minimum atomic E-state index is -3.45. The van der Waals surface area contributed by atoms with E-state index in [-0.39, 0.29) is 25.0 Å². The first kappa shape index (κ1) is 23.0. The molecule has 1 aromatic rings. The van der Waals surface area contributed by atoms with Crippen LogP contribution in [0.1, 0.15) is 30.9 Å². The molecule has 0 aromatic heterocycles. The van der Waals surface area contributed by atoms with Crippen molar-refractivity contribution >= 4 is 27.7 Å². The maximum atomic E-state index is 12.5. The van der Waals surface area contributed by atoms with E-state index >= 15 is 0 Å². The van der Waals surface area contributed by atoms with Crippen molar-refractivity contribution < 1.29 is 22.7 Å². The van der Waals surface area contributed by atoms with Crippen LogP contribution in [0.2, 0.25) is 0 Å². The van der Waals surface area contributed by atoms with E-state index in [0.717, 1.165) is 11.1 Å². The molecule has 8 nitrogen and oxygen atoms in total. The second kappa shape index (κ2) is 9.96. The van der Waals surface area contributed by atoms with Crippen molar-refractivity contribution in [2.45, 2.75) is 33.6 Å². The van der Waals surface area contributed by atoms with Crippen molar-refractivity contribution in [2.24, 2.45) is 0 Å². The van der Waals surface area contributed by atoms with Crippen molar-refractivity contribution in [1.29, 1.82) is 0 Å². The van der Waals surface area contributed by atoms with Crippen molar-refractivity contribution in [1.82, 2.24) is 9.80 Å². The number of benzene rings is 1. The molecule has 1 heterocycles.